The molecule has 0 saturated heterocycles. The van der Waals surface area contributed by atoms with Gasteiger partial charge in [-0.3, -0.25) is 28.8 Å². The van der Waals surface area contributed by atoms with E-state index in [2.05, 4.69) is 52.0 Å². The minimum atomic E-state index is -0.930. The van der Waals surface area contributed by atoms with Crippen LogP contribution in [0.2, 0.25) is 0 Å². The van der Waals surface area contributed by atoms with Crippen LogP contribution < -0.4 is 42.5 Å². The lowest BCUT2D eigenvalue weighted by molar-refractivity contribution is -0.145. The van der Waals surface area contributed by atoms with Gasteiger partial charge in [-0.1, -0.05) is 12.1 Å². The number of alkyl carbamates (subject to hydrolysis) is 2. The number of rotatable bonds is 16. The van der Waals surface area contributed by atoms with Crippen LogP contribution >= 0.6 is 0 Å². The third-order valence-electron chi connectivity index (χ3n) is 8.35. The van der Waals surface area contributed by atoms with Crippen LogP contribution in [0, 0.1) is 0 Å². The topological polar surface area (TPSA) is 304 Å². The van der Waals surface area contributed by atoms with Crippen LogP contribution in [-0.2, 0) is 47.7 Å². The lowest BCUT2D eigenvalue weighted by atomic mass is 10.1. The average molecular weight is 929 g/mol. The Morgan fingerprint density at radius 2 is 0.727 bits per heavy atom. The molecule has 8 N–H and O–H groups in total. The molecule has 0 saturated carbocycles. The second-order valence-electron chi connectivity index (χ2n) is 16.8. The van der Waals surface area contributed by atoms with E-state index >= 15 is 0 Å². The van der Waals surface area contributed by atoms with Gasteiger partial charge in [0.15, 0.2) is 0 Å². The minimum Gasteiger partial charge on any atom is -0.467 e. The van der Waals surface area contributed by atoms with E-state index in [9.17, 15) is 47.9 Å². The number of benzene rings is 2. The van der Waals surface area contributed by atoms with Crippen LogP contribution in [-0.4, -0.2) is 121 Å². The molecule has 0 aliphatic rings. The maximum absolute atomic E-state index is 12.5. The van der Waals surface area contributed by atoms with Crippen molar-refractivity contribution < 1.29 is 66.9 Å². The Balaban J connectivity index is 0.000000660. The van der Waals surface area contributed by atoms with E-state index in [1.807, 2.05) is 0 Å². The van der Waals surface area contributed by atoms with E-state index in [4.69, 9.17) is 9.47 Å². The first-order chi connectivity index (χ1) is 30.5. The van der Waals surface area contributed by atoms with Gasteiger partial charge in [-0.25, -0.2) is 19.2 Å². The summed E-state index contributed by atoms with van der Waals surface area (Å²) in [5.74, 6) is -4.48. The molecule has 8 amide bonds. The number of hydrogen-bond acceptors (Lipinski definition) is 14. The Kier molecular flexibility index (Phi) is 22.3. The maximum Gasteiger partial charge on any atom is 0.408 e. The third-order valence-corrected chi connectivity index (χ3v) is 8.35. The molecule has 6 atom stereocenters. The van der Waals surface area contributed by atoms with E-state index in [0.717, 1.165) is 0 Å². The number of anilines is 2. The van der Waals surface area contributed by atoms with Crippen molar-refractivity contribution in [2.75, 3.05) is 24.9 Å². The van der Waals surface area contributed by atoms with Gasteiger partial charge < -0.3 is 61.5 Å². The van der Waals surface area contributed by atoms with E-state index in [1.165, 1.54) is 80.0 Å². The number of amides is 8. The zero-order chi connectivity index (χ0) is 50.7. The Labute approximate surface area is 384 Å². The first-order valence-electron chi connectivity index (χ1n) is 20.7. The van der Waals surface area contributed by atoms with Crippen molar-refractivity contribution in [2.24, 2.45) is 0 Å². The summed E-state index contributed by atoms with van der Waals surface area (Å²) in [6.07, 6.45) is -1.46. The molecule has 0 aliphatic heterocycles. The summed E-state index contributed by atoms with van der Waals surface area (Å²) in [5, 5.41) is 20.0. The van der Waals surface area contributed by atoms with Crippen LogP contribution in [0.1, 0.15) is 104 Å². The minimum absolute atomic E-state index is 0.196. The summed E-state index contributed by atoms with van der Waals surface area (Å²) in [6.45, 7) is 19.1. The lowest BCUT2D eigenvalue weighted by Gasteiger charge is -2.21. The summed E-state index contributed by atoms with van der Waals surface area (Å²) < 4.78 is 19.3. The van der Waals surface area contributed by atoms with Gasteiger partial charge in [0.2, 0.25) is 23.6 Å². The van der Waals surface area contributed by atoms with E-state index in [1.54, 1.807) is 65.8 Å². The summed E-state index contributed by atoms with van der Waals surface area (Å²) >= 11 is 0. The van der Waals surface area contributed by atoms with Crippen molar-refractivity contribution in [3.63, 3.8) is 0 Å². The molecule has 0 radical (unpaired) electrons. The molecule has 364 valence electrons. The zero-order valence-corrected chi connectivity index (χ0v) is 39.8. The molecule has 0 heterocycles. The molecular formula is C44H64N8O14. The van der Waals surface area contributed by atoms with Crippen LogP contribution in [0.15, 0.2) is 48.5 Å². The summed E-state index contributed by atoms with van der Waals surface area (Å²) in [4.78, 5) is 121. The van der Waals surface area contributed by atoms with Crippen molar-refractivity contribution >= 4 is 70.9 Å². The first-order valence-corrected chi connectivity index (χ1v) is 20.7. The van der Waals surface area contributed by atoms with Crippen molar-refractivity contribution in [1.29, 1.82) is 0 Å². The van der Waals surface area contributed by atoms with E-state index in [-0.39, 0.29) is 11.1 Å². The Morgan fingerprint density at radius 3 is 1.02 bits per heavy atom. The van der Waals surface area contributed by atoms with Crippen molar-refractivity contribution in [3.05, 3.63) is 59.7 Å². The Hall–Kier alpha value is -7.26. The molecule has 0 aliphatic carbocycles. The molecule has 2 aromatic rings. The second-order valence-corrected chi connectivity index (χ2v) is 16.8. The van der Waals surface area contributed by atoms with Gasteiger partial charge in [0.05, 0.1) is 14.2 Å². The van der Waals surface area contributed by atoms with Gasteiger partial charge in [-0.05, 0) is 119 Å². The molecule has 22 heteroatoms. The first kappa shape index (κ1) is 56.8. The molecule has 22 nitrogen and oxygen atoms in total. The summed E-state index contributed by atoms with van der Waals surface area (Å²) in [7, 11) is 2.41. The quantitative estimate of drug-likeness (QED) is 0.0887. The van der Waals surface area contributed by atoms with Crippen molar-refractivity contribution in [3.8, 4) is 0 Å². The average Bonchev–Trinajstić information content (AvgIpc) is 3.21. The summed E-state index contributed by atoms with van der Waals surface area (Å²) in [5.41, 5.74) is -0.368. The highest BCUT2D eigenvalue weighted by atomic mass is 16.6. The molecule has 0 bridgehead atoms. The fraction of sp³-hybridized carbons (Fsp3) is 0.500. The molecule has 0 fully saturated rings. The van der Waals surface area contributed by atoms with E-state index < -0.39 is 107 Å². The van der Waals surface area contributed by atoms with Gasteiger partial charge in [-0.2, -0.15) is 0 Å². The highest BCUT2D eigenvalue weighted by molar-refractivity contribution is 6.02. The van der Waals surface area contributed by atoms with Crippen LogP contribution in [0.3, 0.4) is 0 Å². The molecular weight excluding hydrogens is 865 g/mol. The number of nitrogens with one attached hydrogen (secondary N) is 8. The molecule has 0 spiro atoms. The normalized spacial score (nSPS) is 13.5. The molecule has 2 rings (SSSR count). The number of esters is 2. The van der Waals surface area contributed by atoms with Gasteiger partial charge in [0, 0.05) is 22.5 Å². The Bertz CT molecular complexity index is 1940. The Morgan fingerprint density at radius 1 is 0.424 bits per heavy atom. The number of carbonyl (C=O) groups is 10. The third kappa shape index (κ3) is 21.4. The van der Waals surface area contributed by atoms with E-state index in [0.29, 0.717) is 11.4 Å². The number of carbonyl (C=O) groups excluding carboxylic acids is 10. The fourth-order valence-corrected chi connectivity index (χ4v) is 4.92. The highest BCUT2D eigenvalue weighted by Crippen LogP contribution is 2.14. The van der Waals surface area contributed by atoms with Gasteiger partial charge in [0.25, 0.3) is 11.8 Å². The standard InChI is InChI=1S/2C22H32N4O7/c2*1-12(17(27)24-14(3)20(30)32-7)23-19(29)15-9-8-10-16(11-15)26-18(28)13(2)25-21(31)33-22(4,5)6/h2*8-14H,1-7H3,(H,23,29)(H,24,27)(H,25,31)(H,26,28)/t2*12-,13-,14+/m00/s1. The molecule has 66 heavy (non-hydrogen) atoms. The predicted molar refractivity (Wildman–Crippen MR) is 241 cm³/mol. The number of methoxy groups -OCH3 is 2. The highest BCUT2D eigenvalue weighted by Gasteiger charge is 2.26. The van der Waals surface area contributed by atoms with Crippen LogP contribution in [0.5, 0.6) is 0 Å². The van der Waals surface area contributed by atoms with Crippen molar-refractivity contribution in [2.45, 2.75) is 131 Å². The van der Waals surface area contributed by atoms with Crippen LogP contribution in [0.4, 0.5) is 21.0 Å². The van der Waals surface area contributed by atoms with Gasteiger partial charge in [-0.15, -0.1) is 0 Å². The van der Waals surface area contributed by atoms with Gasteiger partial charge >= 0.3 is 24.1 Å². The predicted octanol–water partition coefficient (Wildman–Crippen LogP) is 2.67. The van der Waals surface area contributed by atoms with Gasteiger partial charge in [0.1, 0.15) is 47.5 Å². The molecule has 2 aromatic carbocycles. The fourth-order valence-electron chi connectivity index (χ4n) is 4.92. The number of hydrogen-bond donors (Lipinski definition) is 8. The number of ether oxygens (including phenoxy) is 4. The maximum atomic E-state index is 12.5. The van der Waals surface area contributed by atoms with Crippen LogP contribution in [0.25, 0.3) is 0 Å². The zero-order valence-electron chi connectivity index (χ0n) is 39.8. The lowest BCUT2D eigenvalue weighted by Crippen LogP contribution is -2.49. The smallest absolute Gasteiger partial charge is 0.408 e. The molecule has 0 aromatic heterocycles. The second kappa shape index (κ2) is 25.9. The molecule has 0 unspecified atom stereocenters. The monoisotopic (exact) mass is 928 g/mol. The summed E-state index contributed by atoms with van der Waals surface area (Å²) in [6, 6.07) is 6.76. The van der Waals surface area contributed by atoms with Crippen molar-refractivity contribution in [1.82, 2.24) is 31.9 Å². The SMILES string of the molecule is COC(=O)[C@@H](C)NC(=O)[C@H](C)NC(=O)c1cccc(NC(=O)[C@H](C)NC(=O)OC(C)(C)C)c1.COC(=O)[C@@H](C)NC(=O)[C@H](C)NC(=O)c1cccc(NC(=O)[C@H](C)NC(=O)OC(C)(C)C)c1. The largest absolute Gasteiger partial charge is 0.467 e.